The van der Waals surface area contributed by atoms with Gasteiger partial charge < -0.3 is 105 Å². The van der Waals surface area contributed by atoms with E-state index < -0.39 is 78.6 Å². The molecule has 44 nitrogen and oxygen atoms in total. The Morgan fingerprint density at radius 2 is 1.06 bits per heavy atom. The summed E-state index contributed by atoms with van der Waals surface area (Å²) in [5.41, 5.74) is 19.9. The molecule has 12 heterocycles. The normalized spacial score (nSPS) is 18.7. The summed E-state index contributed by atoms with van der Waals surface area (Å²) in [6.45, 7) is 0.852. The van der Waals surface area contributed by atoms with Gasteiger partial charge in [-0.3, -0.25) is 43.2 Å². The topological polar surface area (TPSA) is 642 Å². The van der Waals surface area contributed by atoms with Crippen LogP contribution in [0.3, 0.4) is 0 Å². The van der Waals surface area contributed by atoms with Crippen LogP contribution in [0.1, 0.15) is 112 Å². The smallest absolute Gasteiger partial charge is 0.870 e. The SMILES string of the molecule is COC(=O)/C(=C/c1cccnc1OC)N=[N+]=[N-].COC(=O)CN=[N+]=[N-].COC(=O)c1cc2c(OC)nccc2[nH]1.COc1nccc2[nH]c(C(=O)N3C[C@@H]4CCC[C@@H]4[C@H]3C(=O)N[C@@H](C[C@@H]3CCNC3=O)C(=O)CO)cc12.COc1nccc2[nH]c(C(=O)O)cc12.COc1ncccc1C=O.O=C1NCC[C@H]1C[C@H](NC(=O)[C@H]1NC[C@@H]2CCC[C@@H]21)C(=O)CO.[Li+].[OH-]. The van der Waals surface area contributed by atoms with Gasteiger partial charge in [0.2, 0.25) is 53.0 Å². The maximum absolute atomic E-state index is 13.7. The summed E-state index contributed by atoms with van der Waals surface area (Å²) in [5, 5.41) is 50.0. The molecule has 662 valence electrons. The third-order valence-corrected chi connectivity index (χ3v) is 21.0. The molecule has 0 aromatic carbocycles. The van der Waals surface area contributed by atoms with E-state index in [1.54, 1.807) is 90.5 Å². The number of esters is 3. The number of aldehydes is 1. The zero-order valence-electron chi connectivity index (χ0n) is 69.9. The number of azide groups is 2. The average Bonchev–Trinajstić information content (AvgIpc) is 1.60. The zero-order chi connectivity index (χ0) is 89.2. The van der Waals surface area contributed by atoms with Crippen molar-refractivity contribution in [1.82, 2.24) is 71.4 Å². The first-order valence-corrected chi connectivity index (χ1v) is 38.6. The van der Waals surface area contributed by atoms with E-state index in [4.69, 9.17) is 45.0 Å². The van der Waals surface area contributed by atoms with Gasteiger partial charge in [0.05, 0.1) is 113 Å². The van der Waals surface area contributed by atoms with Crippen LogP contribution < -0.4 is 69.1 Å². The molecule has 0 spiro atoms. The number of carboxylic acids is 1. The van der Waals surface area contributed by atoms with Crippen LogP contribution in [0.4, 0.5) is 0 Å². The van der Waals surface area contributed by atoms with Gasteiger partial charge in [-0.2, -0.15) is 0 Å². The molecule has 6 aliphatic rings. The summed E-state index contributed by atoms with van der Waals surface area (Å²) in [6.07, 6.45) is 17.6. The number of ether oxygens (including phenoxy) is 8. The first kappa shape index (κ1) is 100. The van der Waals surface area contributed by atoms with E-state index >= 15 is 0 Å². The van der Waals surface area contributed by atoms with Crippen LogP contribution in [0.2, 0.25) is 0 Å². The fraction of sp³-hybridized carbons (Fsp3) is 0.438. The number of aliphatic hydroxyl groups is 2. The minimum atomic E-state index is -0.997. The molecular formula is C80H97LiN20O24. The van der Waals surface area contributed by atoms with Gasteiger partial charge >= 0.3 is 42.7 Å². The molecule has 0 unspecified atom stereocenters. The number of pyridine rings is 5. The van der Waals surface area contributed by atoms with Crippen molar-refractivity contribution in [3.63, 3.8) is 0 Å². The van der Waals surface area contributed by atoms with E-state index in [2.05, 4.69) is 101 Å². The number of aromatic nitrogens is 8. The third-order valence-electron chi connectivity index (χ3n) is 21.0. The minimum absolute atomic E-state index is 0. The number of carbonyl (C=O) groups is 12. The van der Waals surface area contributed by atoms with Crippen molar-refractivity contribution in [1.29, 1.82) is 0 Å². The number of rotatable bonds is 26. The number of nitrogens with one attached hydrogen (secondary N) is 8. The fourth-order valence-electron chi connectivity index (χ4n) is 15.0. The number of hydrogen-bond acceptors (Lipinski definition) is 31. The fourth-order valence-corrected chi connectivity index (χ4v) is 15.0. The Morgan fingerprint density at radius 1 is 0.584 bits per heavy atom. The quantitative estimate of drug-likeness (QED) is 0.00540. The van der Waals surface area contributed by atoms with E-state index in [9.17, 15) is 62.6 Å². The number of aromatic carboxylic acids is 1. The second-order valence-corrected chi connectivity index (χ2v) is 28.1. The number of hydrogen-bond donors (Lipinski definition) is 11. The first-order valence-electron chi connectivity index (χ1n) is 38.6. The number of methoxy groups -OCH3 is 8. The minimum Gasteiger partial charge on any atom is -0.870 e. The number of fused-ring (bicyclic) bond motifs is 5. The Morgan fingerprint density at radius 3 is 1.51 bits per heavy atom. The number of aromatic amines is 3. The summed E-state index contributed by atoms with van der Waals surface area (Å²) >= 11 is 0. The molecule has 8 aromatic heterocycles. The summed E-state index contributed by atoms with van der Waals surface area (Å²) < 4.78 is 38.4. The molecule has 45 heteroatoms. The number of aliphatic hydroxyl groups excluding tert-OH is 2. The molecule has 6 fully saturated rings. The Labute approximate surface area is 725 Å². The van der Waals surface area contributed by atoms with Crippen molar-refractivity contribution in [2.24, 2.45) is 45.7 Å². The van der Waals surface area contributed by atoms with Crippen molar-refractivity contribution < 1.29 is 135 Å². The molecule has 2 saturated carbocycles. The second kappa shape index (κ2) is 50.1. The molecule has 4 saturated heterocycles. The van der Waals surface area contributed by atoms with Crippen LogP contribution in [0.15, 0.2) is 108 Å². The molecule has 0 radical (unpaired) electrons. The molecule has 8 aromatic rings. The number of Topliss-reactive ketones (excluding diaryl/α,β-unsaturated/α-hetero) is 2. The van der Waals surface area contributed by atoms with Gasteiger partial charge in [-0.25, -0.2) is 39.3 Å². The predicted molar refractivity (Wildman–Crippen MR) is 438 cm³/mol. The number of carbonyl (C=O) groups excluding carboxylic acids is 11. The van der Waals surface area contributed by atoms with E-state index in [1.165, 1.54) is 69.0 Å². The number of amides is 5. The Balaban J connectivity index is 0.000000238. The average molecular weight is 1730 g/mol. The van der Waals surface area contributed by atoms with Crippen LogP contribution in [-0.2, 0) is 52.6 Å². The molecule has 0 bridgehead atoms. The zero-order valence-corrected chi connectivity index (χ0v) is 69.9. The molecule has 12 N–H and O–H groups in total. The Bertz CT molecular complexity index is 5220. The summed E-state index contributed by atoms with van der Waals surface area (Å²) in [7, 11) is 11.2. The standard InChI is InChI=1S/C25H31N5O6.C16H25N3O4.C10H10N4O3.C10H10N2O3.C9H8N2O3.C7H7NO2.C3H5N3O2.Li.H2O/c1-36-24-16-10-19(28-17(16)6-8-27-24)25(35)30-11-14-3-2-4-15(14)21(30)23(34)29-18(20(32)12-31)9-13-5-7-26-22(13)33;20-8-13(21)12(6-9-4-5-17-15(9)22)19-16(23)14-11-3-1-2-10(11)7-18-14;1-16-9-7(4-3-5-12-9)6-8(13-14-11)10(15)17-2;1-14-9-6-5-8(10(13)15-2)12-7(6)3-4-11-9;1-14-8-5-4-7(9(12)13)11-6(5)2-3-10-8;1-10-7-6(5-9)3-2-4-8-7;1-8-3(7)2-5-6-4;;/h6,8,10,13-15,18,21,28,31H,2-5,7,9,11-12H2,1H3,(H,26,33)(H,29,34);9-12,14,18,20H,1-8H2,(H,17,22)(H,19,23);3-6H,1-2H3;3-5,12H,1-2H3;2-4,11H,1H3,(H,12,13);2-5H,1H3;2H2,1H3;;1H2/q;;;;;;;+1;/p-1/b;;8-6-;;;;;;/t13-,14-,15-,18-,21-;9-,10-,11-,12-,14-;;;;;;;/m00......./s1. The molecule has 10 atom stereocenters. The van der Waals surface area contributed by atoms with Gasteiger partial charge in [-0.05, 0) is 159 Å². The second-order valence-electron chi connectivity index (χ2n) is 28.1. The van der Waals surface area contributed by atoms with Gasteiger partial charge in [0, 0.05) is 77.8 Å². The predicted octanol–water partition coefficient (Wildman–Crippen LogP) is 2.07. The van der Waals surface area contributed by atoms with Crippen molar-refractivity contribution >= 4 is 110 Å². The monoisotopic (exact) mass is 1730 g/mol. The molecule has 125 heavy (non-hydrogen) atoms. The van der Waals surface area contributed by atoms with Crippen LogP contribution >= 0.6 is 0 Å². The number of carboxylic acid groups (broad SMARTS) is 1. The van der Waals surface area contributed by atoms with Crippen LogP contribution in [0.25, 0.3) is 59.7 Å². The van der Waals surface area contributed by atoms with Gasteiger partial charge in [-0.1, -0.05) is 23.1 Å². The maximum Gasteiger partial charge on any atom is 1.00 e. The number of likely N-dealkylation sites (tertiary alicyclic amines) is 1. The van der Waals surface area contributed by atoms with Crippen molar-refractivity contribution in [3.05, 3.63) is 146 Å². The first-order chi connectivity index (χ1) is 59.4. The largest absolute Gasteiger partial charge is 1.00 e. The van der Waals surface area contributed by atoms with Gasteiger partial charge in [0.25, 0.3) is 5.91 Å². The Kier molecular flexibility index (Phi) is 40.2. The van der Waals surface area contributed by atoms with Gasteiger partial charge in [-0.15, -0.1) is 0 Å². The third kappa shape index (κ3) is 26.7. The van der Waals surface area contributed by atoms with Crippen molar-refractivity contribution in [2.45, 2.75) is 88.4 Å². The number of H-pyrrole nitrogens is 3. The van der Waals surface area contributed by atoms with Crippen molar-refractivity contribution in [3.8, 4) is 29.4 Å². The van der Waals surface area contributed by atoms with Crippen LogP contribution in [0, 0.1) is 35.5 Å². The number of nitrogens with zero attached hydrogens (tertiary/aromatic N) is 12. The molecule has 2 aliphatic carbocycles. The van der Waals surface area contributed by atoms with Gasteiger partial charge in [0.15, 0.2) is 17.9 Å². The van der Waals surface area contributed by atoms with Gasteiger partial charge in [0.1, 0.15) is 48.6 Å². The summed E-state index contributed by atoms with van der Waals surface area (Å²) in [4.78, 5) is 177. The summed E-state index contributed by atoms with van der Waals surface area (Å²) in [5.74, 6) is -2.34. The van der Waals surface area contributed by atoms with E-state index in [0.717, 1.165) is 56.0 Å². The molecule has 5 amide bonds. The molecular weight excluding hydrogens is 1630 g/mol. The van der Waals surface area contributed by atoms with Crippen LogP contribution in [0.5, 0.6) is 29.4 Å². The van der Waals surface area contributed by atoms with Crippen molar-refractivity contribution in [2.75, 3.05) is 103 Å². The Hall–Kier alpha value is -13.6. The van der Waals surface area contributed by atoms with E-state index in [0.29, 0.717) is 124 Å². The molecule has 4 aliphatic heterocycles. The van der Waals surface area contributed by atoms with E-state index in [-0.39, 0.29) is 103 Å². The van der Waals surface area contributed by atoms with Crippen LogP contribution in [-0.4, -0.2) is 264 Å². The summed E-state index contributed by atoms with van der Waals surface area (Å²) in [6, 6.07) is 14.0. The van der Waals surface area contributed by atoms with E-state index in [1.807, 2.05) is 0 Å². The number of ketones is 2. The maximum atomic E-state index is 13.7. The molecule has 14 rings (SSSR count).